The predicted molar refractivity (Wildman–Crippen MR) is 75.2 cm³/mol. The molecule has 5 nitrogen and oxygen atoms in total. The van der Waals surface area contributed by atoms with Crippen LogP contribution in [0, 0.1) is 0 Å². The topological polar surface area (TPSA) is 54.2 Å². The minimum atomic E-state index is 0.223. The SMILES string of the molecule is CC(C)N(C(C)C)C(C)c1cccc2c1nnn2O. The highest BCUT2D eigenvalue weighted by Crippen LogP contribution is 2.29. The van der Waals surface area contributed by atoms with Crippen LogP contribution in [0.1, 0.15) is 46.2 Å². The van der Waals surface area contributed by atoms with E-state index in [4.69, 9.17) is 0 Å². The van der Waals surface area contributed by atoms with Crippen LogP contribution in [-0.4, -0.2) is 37.3 Å². The number of hydrogen-bond acceptors (Lipinski definition) is 4. The smallest absolute Gasteiger partial charge is 0.131 e. The highest BCUT2D eigenvalue weighted by Gasteiger charge is 2.24. The molecule has 0 aliphatic rings. The summed E-state index contributed by atoms with van der Waals surface area (Å²) < 4.78 is 0. The number of nitrogens with zero attached hydrogens (tertiary/aromatic N) is 4. The molecule has 0 radical (unpaired) electrons. The molecular weight excluding hydrogens is 240 g/mol. The van der Waals surface area contributed by atoms with Gasteiger partial charge in [0, 0.05) is 18.1 Å². The molecule has 0 saturated heterocycles. The van der Waals surface area contributed by atoms with Crippen molar-refractivity contribution in [3.05, 3.63) is 23.8 Å². The van der Waals surface area contributed by atoms with E-state index in [0.29, 0.717) is 17.6 Å². The van der Waals surface area contributed by atoms with Gasteiger partial charge in [0.15, 0.2) is 0 Å². The first-order valence-electron chi connectivity index (χ1n) is 6.74. The second-order valence-corrected chi connectivity index (χ2v) is 5.50. The second kappa shape index (κ2) is 5.17. The van der Waals surface area contributed by atoms with Gasteiger partial charge in [-0.25, -0.2) is 0 Å². The Morgan fingerprint density at radius 2 is 1.74 bits per heavy atom. The summed E-state index contributed by atoms with van der Waals surface area (Å²) in [5.74, 6) is 0. The first-order chi connectivity index (χ1) is 8.93. The fourth-order valence-corrected chi connectivity index (χ4v) is 2.94. The van der Waals surface area contributed by atoms with Crippen LogP contribution in [0.3, 0.4) is 0 Å². The molecule has 2 aromatic rings. The van der Waals surface area contributed by atoms with Crippen molar-refractivity contribution in [2.75, 3.05) is 0 Å². The zero-order valence-corrected chi connectivity index (χ0v) is 12.2. The predicted octanol–water partition coefficient (Wildman–Crippen LogP) is 2.85. The summed E-state index contributed by atoms with van der Waals surface area (Å²) in [5.41, 5.74) is 2.51. The number of fused-ring (bicyclic) bond motifs is 1. The average molecular weight is 262 g/mol. The molecule has 1 heterocycles. The van der Waals surface area contributed by atoms with Gasteiger partial charge in [-0.15, -0.1) is 5.10 Å². The molecule has 0 saturated carbocycles. The largest absolute Gasteiger partial charge is 0.410 e. The Hall–Kier alpha value is -1.62. The lowest BCUT2D eigenvalue weighted by molar-refractivity contribution is 0.123. The third-order valence-electron chi connectivity index (χ3n) is 3.58. The van der Waals surface area contributed by atoms with E-state index in [-0.39, 0.29) is 6.04 Å². The van der Waals surface area contributed by atoms with Crippen molar-refractivity contribution < 1.29 is 5.21 Å². The van der Waals surface area contributed by atoms with E-state index >= 15 is 0 Å². The minimum absolute atomic E-state index is 0.223. The van der Waals surface area contributed by atoms with Gasteiger partial charge in [0.05, 0.1) is 0 Å². The number of hydrogen-bond donors (Lipinski definition) is 1. The van der Waals surface area contributed by atoms with Crippen LogP contribution >= 0.6 is 0 Å². The van der Waals surface area contributed by atoms with E-state index in [1.165, 1.54) is 0 Å². The lowest BCUT2D eigenvalue weighted by atomic mass is 10.0. The molecule has 0 bridgehead atoms. The highest BCUT2D eigenvalue weighted by molar-refractivity contribution is 5.78. The molecule has 0 fully saturated rings. The summed E-state index contributed by atoms with van der Waals surface area (Å²) in [6.45, 7) is 10.9. The van der Waals surface area contributed by atoms with Crippen molar-refractivity contribution in [1.82, 2.24) is 20.1 Å². The van der Waals surface area contributed by atoms with E-state index in [9.17, 15) is 5.21 Å². The molecule has 19 heavy (non-hydrogen) atoms. The van der Waals surface area contributed by atoms with Crippen LogP contribution in [0.15, 0.2) is 18.2 Å². The lowest BCUT2D eigenvalue weighted by Gasteiger charge is -2.36. The van der Waals surface area contributed by atoms with Gasteiger partial charge in [0.25, 0.3) is 0 Å². The summed E-state index contributed by atoms with van der Waals surface area (Å²) >= 11 is 0. The quantitative estimate of drug-likeness (QED) is 0.861. The Labute approximate surface area is 113 Å². The van der Waals surface area contributed by atoms with Crippen molar-refractivity contribution in [3.63, 3.8) is 0 Å². The molecule has 0 aliphatic heterocycles. The Kier molecular flexibility index (Phi) is 3.75. The van der Waals surface area contributed by atoms with Gasteiger partial charge in [-0.05, 0) is 51.5 Å². The van der Waals surface area contributed by atoms with Crippen LogP contribution in [0.25, 0.3) is 11.0 Å². The standard InChI is InChI=1S/C14H22N4O/c1-9(2)17(10(3)4)11(5)12-7-6-8-13-14(12)15-16-18(13)19/h6-11,19H,1-5H3. The van der Waals surface area contributed by atoms with E-state index in [1.807, 2.05) is 12.1 Å². The van der Waals surface area contributed by atoms with Crippen molar-refractivity contribution >= 4 is 11.0 Å². The van der Waals surface area contributed by atoms with E-state index in [0.717, 1.165) is 15.9 Å². The van der Waals surface area contributed by atoms with Crippen LogP contribution in [-0.2, 0) is 0 Å². The Morgan fingerprint density at radius 1 is 1.11 bits per heavy atom. The molecule has 104 valence electrons. The molecule has 1 aromatic heterocycles. The maximum Gasteiger partial charge on any atom is 0.131 e. The molecule has 1 aromatic carbocycles. The monoisotopic (exact) mass is 262 g/mol. The molecule has 5 heteroatoms. The normalized spacial score (nSPS) is 13.9. The summed E-state index contributed by atoms with van der Waals surface area (Å²) in [6, 6.07) is 6.91. The van der Waals surface area contributed by atoms with Gasteiger partial charge in [0.2, 0.25) is 0 Å². The average Bonchev–Trinajstić information content (AvgIpc) is 2.70. The van der Waals surface area contributed by atoms with Crippen molar-refractivity contribution in [2.45, 2.75) is 52.7 Å². The molecule has 0 amide bonds. The third kappa shape index (κ3) is 2.42. The number of benzene rings is 1. The fraction of sp³-hybridized carbons (Fsp3) is 0.571. The van der Waals surface area contributed by atoms with E-state index in [2.05, 4.69) is 55.9 Å². The lowest BCUT2D eigenvalue weighted by Crippen LogP contribution is -2.39. The van der Waals surface area contributed by atoms with Crippen LogP contribution in [0.2, 0.25) is 0 Å². The zero-order chi connectivity index (χ0) is 14.2. The van der Waals surface area contributed by atoms with Gasteiger partial charge in [-0.2, -0.15) is 0 Å². The van der Waals surface area contributed by atoms with Crippen LogP contribution in [0.4, 0.5) is 0 Å². The third-order valence-corrected chi connectivity index (χ3v) is 3.58. The molecule has 1 unspecified atom stereocenters. The molecule has 2 rings (SSSR count). The first kappa shape index (κ1) is 13.8. The maximum atomic E-state index is 9.60. The van der Waals surface area contributed by atoms with Crippen LogP contribution in [0.5, 0.6) is 0 Å². The number of aromatic nitrogens is 3. The molecule has 1 N–H and O–H groups in total. The summed E-state index contributed by atoms with van der Waals surface area (Å²) in [4.78, 5) is 3.26. The summed E-state index contributed by atoms with van der Waals surface area (Å²) in [6.07, 6.45) is 0. The summed E-state index contributed by atoms with van der Waals surface area (Å²) in [5, 5.41) is 17.4. The van der Waals surface area contributed by atoms with Gasteiger partial charge in [-0.3, -0.25) is 4.90 Å². The summed E-state index contributed by atoms with van der Waals surface area (Å²) in [7, 11) is 0. The van der Waals surface area contributed by atoms with Gasteiger partial charge >= 0.3 is 0 Å². The Morgan fingerprint density at radius 3 is 2.32 bits per heavy atom. The zero-order valence-electron chi connectivity index (χ0n) is 12.2. The van der Waals surface area contributed by atoms with Gasteiger partial charge in [-0.1, -0.05) is 17.0 Å². The highest BCUT2D eigenvalue weighted by atomic mass is 16.5. The maximum absolute atomic E-state index is 9.60. The van der Waals surface area contributed by atoms with Gasteiger partial charge in [0.1, 0.15) is 11.0 Å². The fourth-order valence-electron chi connectivity index (χ4n) is 2.94. The van der Waals surface area contributed by atoms with Crippen molar-refractivity contribution in [3.8, 4) is 0 Å². The van der Waals surface area contributed by atoms with E-state index in [1.54, 1.807) is 0 Å². The Bertz CT molecular complexity index is 554. The van der Waals surface area contributed by atoms with Crippen molar-refractivity contribution in [2.24, 2.45) is 0 Å². The molecular formula is C14H22N4O. The Balaban J connectivity index is 2.48. The number of rotatable bonds is 4. The van der Waals surface area contributed by atoms with E-state index < -0.39 is 0 Å². The first-order valence-corrected chi connectivity index (χ1v) is 6.74. The molecule has 0 spiro atoms. The molecule has 1 atom stereocenters. The second-order valence-electron chi connectivity index (χ2n) is 5.50. The van der Waals surface area contributed by atoms with Gasteiger partial charge < -0.3 is 5.21 Å². The minimum Gasteiger partial charge on any atom is -0.410 e. The van der Waals surface area contributed by atoms with Crippen LogP contribution < -0.4 is 0 Å². The van der Waals surface area contributed by atoms with Crippen molar-refractivity contribution in [1.29, 1.82) is 0 Å². The molecule has 0 aliphatic carbocycles.